The van der Waals surface area contributed by atoms with E-state index < -0.39 is 22.6 Å². The van der Waals surface area contributed by atoms with Gasteiger partial charge in [-0.15, -0.1) is 0 Å². The average molecular weight is 437 g/mol. The average Bonchev–Trinajstić information content (AvgIpc) is 2.78. The molecule has 4 rings (SSSR count). The Kier molecular flexibility index (Phi) is 5.77. The molecule has 0 saturated heterocycles. The molecular formula is C24H18F3N3O2. The maximum atomic E-state index is 13.9. The van der Waals surface area contributed by atoms with Crippen molar-refractivity contribution in [2.45, 2.75) is 19.0 Å². The third-order valence-electron chi connectivity index (χ3n) is 4.90. The van der Waals surface area contributed by atoms with Crippen molar-refractivity contribution in [2.75, 3.05) is 5.32 Å². The lowest BCUT2D eigenvalue weighted by atomic mass is 10.1. The van der Waals surface area contributed by atoms with Gasteiger partial charge in [0.1, 0.15) is 12.1 Å². The monoisotopic (exact) mass is 437 g/mol. The molecule has 0 saturated carbocycles. The molecule has 5 nitrogen and oxygen atoms in total. The highest BCUT2D eigenvalue weighted by Crippen LogP contribution is 2.35. The number of rotatable bonds is 6. The van der Waals surface area contributed by atoms with Gasteiger partial charge in [0, 0.05) is 29.6 Å². The molecule has 1 N–H and O–H groups in total. The fourth-order valence-electron chi connectivity index (χ4n) is 3.52. The Labute approximate surface area is 181 Å². The van der Waals surface area contributed by atoms with Crippen molar-refractivity contribution in [3.63, 3.8) is 0 Å². The Morgan fingerprint density at radius 3 is 2.25 bits per heavy atom. The number of anilines is 2. The number of carbonyl (C=O) groups is 1. The van der Waals surface area contributed by atoms with Crippen LogP contribution < -0.4 is 10.7 Å². The van der Waals surface area contributed by atoms with E-state index in [9.17, 15) is 22.8 Å². The molecule has 2 aromatic carbocycles. The van der Waals surface area contributed by atoms with Crippen LogP contribution in [0.1, 0.15) is 17.7 Å². The highest BCUT2D eigenvalue weighted by Gasteiger charge is 2.35. The second kappa shape index (κ2) is 8.66. The van der Waals surface area contributed by atoms with Crippen LogP contribution in [0.5, 0.6) is 0 Å². The minimum atomic E-state index is -4.76. The van der Waals surface area contributed by atoms with E-state index in [4.69, 9.17) is 0 Å². The van der Waals surface area contributed by atoms with E-state index in [0.717, 1.165) is 12.1 Å². The third kappa shape index (κ3) is 4.25. The fraction of sp³-hybridized carbons (Fsp3) is 0.125. The molecule has 0 fully saturated rings. The van der Waals surface area contributed by atoms with Crippen LogP contribution in [0.4, 0.5) is 24.7 Å². The zero-order chi connectivity index (χ0) is 22.7. The van der Waals surface area contributed by atoms with Gasteiger partial charge in [0.05, 0.1) is 10.9 Å². The van der Waals surface area contributed by atoms with Gasteiger partial charge >= 0.3 is 6.18 Å². The molecule has 0 aliphatic heterocycles. The number of alkyl halides is 3. The number of halogens is 3. The normalized spacial score (nSPS) is 11.5. The number of aryl methyl sites for hydroxylation is 1. The van der Waals surface area contributed by atoms with Crippen molar-refractivity contribution in [2.24, 2.45) is 0 Å². The van der Waals surface area contributed by atoms with Gasteiger partial charge in [-0.25, -0.2) is 4.98 Å². The molecule has 8 heteroatoms. The number of para-hydroxylation sites is 2. The first-order valence-electron chi connectivity index (χ1n) is 9.86. The number of aromatic nitrogens is 2. The van der Waals surface area contributed by atoms with E-state index in [2.05, 4.69) is 10.3 Å². The SMILES string of the molecule is O=CCCc1cc(C(F)(F)F)c2c(=O)cc(Nc3ccccc3)n(-c3ccccc3)c2n1. The first kappa shape index (κ1) is 21.3. The van der Waals surface area contributed by atoms with Crippen molar-refractivity contribution < 1.29 is 18.0 Å². The van der Waals surface area contributed by atoms with Crippen LogP contribution in [0.3, 0.4) is 0 Å². The summed E-state index contributed by atoms with van der Waals surface area (Å²) in [4.78, 5) is 28.1. The summed E-state index contributed by atoms with van der Waals surface area (Å²) in [6.07, 6.45) is -4.09. The fourth-order valence-corrected chi connectivity index (χ4v) is 3.52. The van der Waals surface area contributed by atoms with Crippen molar-refractivity contribution >= 4 is 28.8 Å². The number of aldehydes is 1. The number of nitrogens with one attached hydrogen (secondary N) is 1. The molecule has 0 bridgehead atoms. The maximum Gasteiger partial charge on any atom is 0.417 e. The van der Waals surface area contributed by atoms with Gasteiger partial charge < -0.3 is 10.1 Å². The molecular weight excluding hydrogens is 419 g/mol. The van der Waals surface area contributed by atoms with Crippen LogP contribution in [0.15, 0.2) is 77.6 Å². The number of pyridine rings is 2. The lowest BCUT2D eigenvalue weighted by Gasteiger charge is -2.20. The molecule has 32 heavy (non-hydrogen) atoms. The smallest absolute Gasteiger partial charge is 0.341 e. The van der Waals surface area contributed by atoms with Crippen molar-refractivity contribution in [3.05, 3.63) is 94.3 Å². The molecule has 0 aliphatic carbocycles. The molecule has 2 aromatic heterocycles. The summed E-state index contributed by atoms with van der Waals surface area (Å²) in [5, 5.41) is 2.59. The van der Waals surface area contributed by atoms with Gasteiger partial charge in [-0.1, -0.05) is 36.4 Å². The van der Waals surface area contributed by atoms with Gasteiger partial charge in [0.15, 0.2) is 11.1 Å². The van der Waals surface area contributed by atoms with Crippen LogP contribution in [-0.4, -0.2) is 15.8 Å². The highest BCUT2D eigenvalue weighted by atomic mass is 19.4. The second-order valence-electron chi connectivity index (χ2n) is 7.12. The zero-order valence-electron chi connectivity index (χ0n) is 16.8. The summed E-state index contributed by atoms with van der Waals surface area (Å²) in [6, 6.07) is 19.7. The standard InChI is InChI=1S/C24H18F3N3O2/c25-24(26,27)19-14-17(10-7-13-31)29-23-22(19)20(32)15-21(28-16-8-3-1-4-9-16)30(23)18-11-5-2-6-12-18/h1-6,8-9,11-15,28H,7,10H2. The van der Waals surface area contributed by atoms with Crippen LogP contribution >= 0.6 is 0 Å². The first-order valence-corrected chi connectivity index (χ1v) is 9.86. The van der Waals surface area contributed by atoms with Crippen molar-refractivity contribution in [1.29, 1.82) is 0 Å². The number of benzene rings is 2. The summed E-state index contributed by atoms with van der Waals surface area (Å²) in [5.41, 5.74) is -0.722. The van der Waals surface area contributed by atoms with E-state index in [0.29, 0.717) is 17.7 Å². The maximum absolute atomic E-state index is 13.9. The highest BCUT2D eigenvalue weighted by molar-refractivity contribution is 5.84. The summed E-state index contributed by atoms with van der Waals surface area (Å²) >= 11 is 0. The Hall–Kier alpha value is -3.94. The molecule has 0 aliphatic rings. The van der Waals surface area contributed by atoms with Gasteiger partial charge in [-0.3, -0.25) is 9.36 Å². The first-order chi connectivity index (χ1) is 15.4. The summed E-state index contributed by atoms with van der Waals surface area (Å²) in [5.74, 6) is 0.271. The molecule has 0 atom stereocenters. The van der Waals surface area contributed by atoms with Crippen molar-refractivity contribution in [1.82, 2.24) is 9.55 Å². The molecule has 0 amide bonds. The quantitative estimate of drug-likeness (QED) is 0.417. The van der Waals surface area contributed by atoms with E-state index >= 15 is 0 Å². The molecule has 0 unspecified atom stereocenters. The Bertz CT molecular complexity index is 1320. The molecule has 0 radical (unpaired) electrons. The third-order valence-corrected chi connectivity index (χ3v) is 4.90. The minimum absolute atomic E-state index is 0.0212. The van der Waals surface area contributed by atoms with E-state index in [1.165, 1.54) is 4.57 Å². The largest absolute Gasteiger partial charge is 0.417 e. The van der Waals surface area contributed by atoms with Gasteiger partial charge in [-0.05, 0) is 36.8 Å². The Morgan fingerprint density at radius 2 is 1.62 bits per heavy atom. The summed E-state index contributed by atoms with van der Waals surface area (Å²) < 4.78 is 43.3. The molecule has 4 aromatic rings. The molecule has 2 heterocycles. The van der Waals surface area contributed by atoms with E-state index in [-0.39, 0.29) is 30.0 Å². The van der Waals surface area contributed by atoms with E-state index in [1.807, 2.05) is 6.07 Å². The van der Waals surface area contributed by atoms with Gasteiger partial charge in [-0.2, -0.15) is 13.2 Å². The van der Waals surface area contributed by atoms with Gasteiger partial charge in [0.25, 0.3) is 0 Å². The molecule has 162 valence electrons. The predicted octanol–water partition coefficient (Wildman–Crippen LogP) is 5.28. The van der Waals surface area contributed by atoms with Crippen LogP contribution in [0.25, 0.3) is 16.7 Å². The zero-order valence-corrected chi connectivity index (χ0v) is 16.8. The van der Waals surface area contributed by atoms with E-state index in [1.54, 1.807) is 54.6 Å². The lowest BCUT2D eigenvalue weighted by molar-refractivity contribution is -0.136. The summed E-state index contributed by atoms with van der Waals surface area (Å²) in [7, 11) is 0. The number of nitrogens with zero attached hydrogens (tertiary/aromatic N) is 2. The van der Waals surface area contributed by atoms with Gasteiger partial charge in [0.2, 0.25) is 0 Å². The van der Waals surface area contributed by atoms with Crippen molar-refractivity contribution in [3.8, 4) is 5.69 Å². The Balaban J connectivity index is 2.08. The Morgan fingerprint density at radius 1 is 0.969 bits per heavy atom. The summed E-state index contributed by atoms with van der Waals surface area (Å²) in [6.45, 7) is 0. The number of hydrogen-bond acceptors (Lipinski definition) is 4. The number of fused-ring (bicyclic) bond motifs is 1. The van der Waals surface area contributed by atoms with Crippen LogP contribution in [0.2, 0.25) is 0 Å². The minimum Gasteiger partial charge on any atom is -0.341 e. The van der Waals surface area contributed by atoms with Crippen LogP contribution in [-0.2, 0) is 17.4 Å². The van der Waals surface area contributed by atoms with Crippen LogP contribution in [0, 0.1) is 0 Å². The topological polar surface area (TPSA) is 64.0 Å². The lowest BCUT2D eigenvalue weighted by Crippen LogP contribution is -2.19. The molecule has 0 spiro atoms. The second-order valence-corrected chi connectivity index (χ2v) is 7.12. The number of carbonyl (C=O) groups excluding carboxylic acids is 1. The predicted molar refractivity (Wildman–Crippen MR) is 116 cm³/mol. The number of hydrogen-bond donors (Lipinski definition) is 1.